The minimum Gasteiger partial charge on any atom is -0.234 e. The highest BCUT2D eigenvalue weighted by atomic mass is 35.5. The molecular weight excluding hydrogens is 248 g/mol. The molecule has 0 saturated heterocycles. The van der Waals surface area contributed by atoms with Crippen molar-refractivity contribution < 1.29 is 8.42 Å². The number of halogens is 1. The first-order valence-corrected chi connectivity index (χ1v) is 6.41. The zero-order valence-corrected chi connectivity index (χ0v) is 10.0. The summed E-state index contributed by atoms with van der Waals surface area (Å²) in [6.45, 7) is 1.80. The predicted octanol–water partition coefficient (Wildman–Crippen LogP) is 1.84. The van der Waals surface area contributed by atoms with Gasteiger partial charge in [-0.1, -0.05) is 23.7 Å². The Kier molecular flexibility index (Phi) is 2.61. The van der Waals surface area contributed by atoms with Crippen molar-refractivity contribution in [3.05, 3.63) is 35.0 Å². The number of para-hydroxylation sites is 1. The molecule has 1 heterocycles. The van der Waals surface area contributed by atoms with Gasteiger partial charge in [-0.25, -0.2) is 18.5 Å². The second-order valence-corrected chi connectivity index (χ2v) is 5.36. The molecule has 2 aromatic rings. The fraction of sp³-hybridized carbons (Fsp3) is 0.100. The lowest BCUT2D eigenvalue weighted by atomic mass is 10.2. The first-order valence-electron chi connectivity index (χ1n) is 4.48. The molecule has 0 saturated carbocycles. The monoisotopic (exact) mass is 256 g/mol. The zero-order chi connectivity index (χ0) is 11.9. The fourth-order valence-electron chi connectivity index (χ4n) is 1.48. The number of benzene rings is 1. The Morgan fingerprint density at radius 1 is 1.38 bits per heavy atom. The number of aryl methyl sites for hydroxylation is 1. The molecule has 16 heavy (non-hydrogen) atoms. The van der Waals surface area contributed by atoms with Crippen molar-refractivity contribution in [1.82, 2.24) is 4.98 Å². The third-order valence-electron chi connectivity index (χ3n) is 2.24. The molecular formula is C10H9ClN2O2S. The SMILES string of the molecule is Cc1cc2cccc(S(N)(=O)=O)c2nc1Cl. The van der Waals surface area contributed by atoms with Crippen LogP contribution < -0.4 is 5.14 Å². The van der Waals surface area contributed by atoms with Gasteiger partial charge in [0, 0.05) is 5.39 Å². The number of hydrogen-bond donors (Lipinski definition) is 1. The number of pyridine rings is 1. The maximum Gasteiger partial charge on any atom is 0.240 e. The van der Waals surface area contributed by atoms with Gasteiger partial charge in [0.15, 0.2) is 0 Å². The maximum absolute atomic E-state index is 11.3. The lowest BCUT2D eigenvalue weighted by Crippen LogP contribution is -2.13. The van der Waals surface area contributed by atoms with Crippen LogP contribution in [0, 0.1) is 6.92 Å². The van der Waals surface area contributed by atoms with Crippen molar-refractivity contribution in [2.24, 2.45) is 5.14 Å². The average molecular weight is 257 g/mol. The Hall–Kier alpha value is -1.17. The van der Waals surface area contributed by atoms with E-state index in [4.69, 9.17) is 16.7 Å². The second-order valence-electron chi connectivity index (χ2n) is 3.47. The van der Waals surface area contributed by atoms with Gasteiger partial charge in [0.05, 0.1) is 5.52 Å². The van der Waals surface area contributed by atoms with Crippen molar-refractivity contribution in [2.75, 3.05) is 0 Å². The van der Waals surface area contributed by atoms with Gasteiger partial charge in [-0.3, -0.25) is 0 Å². The van der Waals surface area contributed by atoms with Crippen molar-refractivity contribution in [2.45, 2.75) is 11.8 Å². The summed E-state index contributed by atoms with van der Waals surface area (Å²) in [6.07, 6.45) is 0. The van der Waals surface area contributed by atoms with Crippen LogP contribution >= 0.6 is 11.6 Å². The highest BCUT2D eigenvalue weighted by molar-refractivity contribution is 7.89. The Morgan fingerprint density at radius 3 is 2.69 bits per heavy atom. The van der Waals surface area contributed by atoms with E-state index < -0.39 is 10.0 Å². The van der Waals surface area contributed by atoms with E-state index in [1.54, 1.807) is 25.1 Å². The molecule has 4 nitrogen and oxygen atoms in total. The van der Waals surface area contributed by atoms with Crippen LogP contribution in [0.2, 0.25) is 5.15 Å². The molecule has 6 heteroatoms. The van der Waals surface area contributed by atoms with Gasteiger partial charge in [-0.2, -0.15) is 0 Å². The maximum atomic E-state index is 11.3. The van der Waals surface area contributed by atoms with Crippen molar-refractivity contribution in [1.29, 1.82) is 0 Å². The summed E-state index contributed by atoms with van der Waals surface area (Å²) in [7, 11) is -3.78. The van der Waals surface area contributed by atoms with E-state index in [2.05, 4.69) is 4.98 Å². The van der Waals surface area contributed by atoms with Crippen molar-refractivity contribution >= 4 is 32.5 Å². The number of hydrogen-bond acceptors (Lipinski definition) is 3. The quantitative estimate of drug-likeness (QED) is 0.792. The summed E-state index contributed by atoms with van der Waals surface area (Å²) in [5.41, 5.74) is 1.10. The normalized spacial score (nSPS) is 11.9. The van der Waals surface area contributed by atoms with Crippen LogP contribution in [0.5, 0.6) is 0 Å². The summed E-state index contributed by atoms with van der Waals surface area (Å²) < 4.78 is 22.7. The predicted molar refractivity (Wildman–Crippen MR) is 62.9 cm³/mol. The van der Waals surface area contributed by atoms with Gasteiger partial charge in [-0.05, 0) is 24.6 Å². The number of nitrogens with zero attached hydrogens (tertiary/aromatic N) is 1. The molecule has 0 fully saturated rings. The third kappa shape index (κ3) is 1.89. The van der Waals surface area contributed by atoms with E-state index in [0.29, 0.717) is 10.9 Å². The van der Waals surface area contributed by atoms with Crippen LogP contribution in [0.15, 0.2) is 29.2 Å². The molecule has 1 aromatic carbocycles. The lowest BCUT2D eigenvalue weighted by molar-refractivity contribution is 0.598. The van der Waals surface area contributed by atoms with Crippen LogP contribution in [0.4, 0.5) is 0 Å². The number of nitrogens with two attached hydrogens (primary N) is 1. The number of sulfonamides is 1. The van der Waals surface area contributed by atoms with Gasteiger partial charge in [-0.15, -0.1) is 0 Å². The topological polar surface area (TPSA) is 73.1 Å². The first-order chi connectivity index (χ1) is 7.39. The Balaban J connectivity index is 2.93. The molecule has 0 aliphatic heterocycles. The largest absolute Gasteiger partial charge is 0.240 e. The number of primary sulfonamides is 1. The summed E-state index contributed by atoms with van der Waals surface area (Å²) in [5, 5.41) is 6.08. The Bertz CT molecular complexity index is 668. The van der Waals surface area contributed by atoms with Crippen molar-refractivity contribution in [3.8, 4) is 0 Å². The lowest BCUT2D eigenvalue weighted by Gasteiger charge is -2.05. The molecule has 0 aliphatic rings. The minimum absolute atomic E-state index is 0.00750. The number of fused-ring (bicyclic) bond motifs is 1. The van der Waals surface area contributed by atoms with E-state index in [9.17, 15) is 8.42 Å². The van der Waals surface area contributed by atoms with Crippen molar-refractivity contribution in [3.63, 3.8) is 0 Å². The molecule has 0 bridgehead atoms. The first kappa shape index (κ1) is 11.3. The number of rotatable bonds is 1. The Labute approximate surface area is 98.1 Å². The van der Waals surface area contributed by atoms with E-state index in [1.165, 1.54) is 6.07 Å². The van der Waals surface area contributed by atoms with Crippen LogP contribution in [-0.2, 0) is 10.0 Å². The minimum atomic E-state index is -3.78. The van der Waals surface area contributed by atoms with Crippen LogP contribution in [0.25, 0.3) is 10.9 Å². The smallest absolute Gasteiger partial charge is 0.234 e. The molecule has 0 aliphatic carbocycles. The summed E-state index contributed by atoms with van der Waals surface area (Å²) in [6, 6.07) is 6.58. The molecule has 0 atom stereocenters. The standard InChI is InChI=1S/C10H9ClN2O2S/c1-6-5-7-3-2-4-8(16(12,14)15)9(7)13-10(6)11/h2-5H,1H3,(H2,12,14,15). The Morgan fingerprint density at radius 2 is 2.06 bits per heavy atom. The summed E-state index contributed by atoms with van der Waals surface area (Å²) in [4.78, 5) is 4.04. The van der Waals surface area contributed by atoms with Crippen LogP contribution in [0.1, 0.15) is 5.56 Å². The second kappa shape index (κ2) is 3.69. The molecule has 0 radical (unpaired) electrons. The average Bonchev–Trinajstić information content (AvgIpc) is 2.17. The van der Waals surface area contributed by atoms with Gasteiger partial charge >= 0.3 is 0 Å². The zero-order valence-electron chi connectivity index (χ0n) is 8.44. The van der Waals surface area contributed by atoms with E-state index in [0.717, 1.165) is 5.56 Å². The molecule has 2 N–H and O–H groups in total. The summed E-state index contributed by atoms with van der Waals surface area (Å²) in [5.74, 6) is 0. The van der Waals surface area contributed by atoms with Crippen LogP contribution in [0.3, 0.4) is 0 Å². The molecule has 0 spiro atoms. The van der Waals surface area contributed by atoms with Gasteiger partial charge < -0.3 is 0 Å². The fourth-order valence-corrected chi connectivity index (χ4v) is 2.32. The molecule has 2 rings (SSSR count). The van der Waals surface area contributed by atoms with Crippen LogP contribution in [-0.4, -0.2) is 13.4 Å². The highest BCUT2D eigenvalue weighted by Crippen LogP contribution is 2.24. The molecule has 0 unspecified atom stereocenters. The number of aromatic nitrogens is 1. The molecule has 1 aromatic heterocycles. The molecule has 0 amide bonds. The van der Waals surface area contributed by atoms with Gasteiger partial charge in [0.2, 0.25) is 10.0 Å². The molecule has 84 valence electrons. The van der Waals surface area contributed by atoms with Gasteiger partial charge in [0.1, 0.15) is 10.0 Å². The third-order valence-corrected chi connectivity index (χ3v) is 3.57. The van der Waals surface area contributed by atoms with E-state index >= 15 is 0 Å². The van der Waals surface area contributed by atoms with E-state index in [1.807, 2.05) is 0 Å². The van der Waals surface area contributed by atoms with Gasteiger partial charge in [0.25, 0.3) is 0 Å². The summed E-state index contributed by atoms with van der Waals surface area (Å²) >= 11 is 5.86. The highest BCUT2D eigenvalue weighted by Gasteiger charge is 2.14. The van der Waals surface area contributed by atoms with E-state index in [-0.39, 0.29) is 10.0 Å².